The minimum atomic E-state index is -4.50. The number of nitrogens with one attached hydrogen (secondary N) is 2. The van der Waals surface area contributed by atoms with Gasteiger partial charge in [-0.05, 0) is 48.2 Å². The molecule has 7 nitrogen and oxygen atoms in total. The third-order valence-corrected chi connectivity index (χ3v) is 5.55. The highest BCUT2D eigenvalue weighted by atomic mass is 32.1. The number of hydrogen-bond acceptors (Lipinski definition) is 5. The van der Waals surface area contributed by atoms with Crippen LogP contribution in [0.25, 0.3) is 11.0 Å². The quantitative estimate of drug-likeness (QED) is 0.354. The van der Waals surface area contributed by atoms with Crippen molar-refractivity contribution < 1.29 is 27.2 Å². The van der Waals surface area contributed by atoms with Crippen molar-refractivity contribution in [3.05, 3.63) is 70.3 Å². The lowest BCUT2D eigenvalue weighted by Gasteiger charge is -2.10. The van der Waals surface area contributed by atoms with Gasteiger partial charge < -0.3 is 14.3 Å². The average Bonchev–Trinajstić information content (AvgIpc) is 3.53. The average molecular weight is 476 g/mol. The summed E-state index contributed by atoms with van der Waals surface area (Å²) < 4.78 is 46.3. The summed E-state index contributed by atoms with van der Waals surface area (Å²) in [6.45, 7) is 0.487. The number of aromatic nitrogens is 2. The van der Waals surface area contributed by atoms with Crippen molar-refractivity contribution in [2.75, 3.05) is 11.9 Å². The number of alkyl halides is 3. The molecule has 4 aromatic rings. The normalized spacial score (nSPS) is 11.6. The highest BCUT2D eigenvalue weighted by Gasteiger charge is 2.31. The molecule has 11 heteroatoms. The minimum absolute atomic E-state index is 0.0989. The van der Waals surface area contributed by atoms with Gasteiger partial charge in [0.2, 0.25) is 11.9 Å². The highest BCUT2D eigenvalue weighted by molar-refractivity contribution is 7.08. The molecule has 3 aromatic heterocycles. The van der Waals surface area contributed by atoms with Crippen LogP contribution in [-0.2, 0) is 17.5 Å². The van der Waals surface area contributed by atoms with Crippen molar-refractivity contribution in [1.82, 2.24) is 14.9 Å². The van der Waals surface area contributed by atoms with Crippen LogP contribution in [0.1, 0.15) is 34.5 Å². The van der Waals surface area contributed by atoms with Crippen molar-refractivity contribution in [2.24, 2.45) is 0 Å². The van der Waals surface area contributed by atoms with Crippen LogP contribution in [0.2, 0.25) is 0 Å². The second-order valence-corrected chi connectivity index (χ2v) is 8.00. The predicted octanol–water partition coefficient (Wildman–Crippen LogP) is 4.91. The first-order valence-electron chi connectivity index (χ1n) is 10.0. The van der Waals surface area contributed by atoms with Crippen LogP contribution in [0.3, 0.4) is 0 Å². The lowest BCUT2D eigenvalue weighted by atomic mass is 10.2. The van der Waals surface area contributed by atoms with Crippen molar-refractivity contribution in [1.29, 1.82) is 0 Å². The van der Waals surface area contributed by atoms with Gasteiger partial charge in [-0.25, -0.2) is 4.98 Å². The maximum Gasteiger partial charge on any atom is 0.416 e. The van der Waals surface area contributed by atoms with Gasteiger partial charge in [-0.15, -0.1) is 0 Å². The van der Waals surface area contributed by atoms with Crippen LogP contribution in [0.5, 0.6) is 0 Å². The van der Waals surface area contributed by atoms with Crippen molar-refractivity contribution in [3.8, 4) is 0 Å². The number of carbonyl (C=O) groups is 2. The summed E-state index contributed by atoms with van der Waals surface area (Å²) in [5.74, 6) is 0.0954. The van der Waals surface area contributed by atoms with Crippen molar-refractivity contribution in [2.45, 2.75) is 25.6 Å². The van der Waals surface area contributed by atoms with E-state index >= 15 is 0 Å². The number of thiophene rings is 1. The van der Waals surface area contributed by atoms with Gasteiger partial charge in [-0.3, -0.25) is 14.9 Å². The van der Waals surface area contributed by atoms with Gasteiger partial charge in [0.05, 0.1) is 29.4 Å². The van der Waals surface area contributed by atoms with E-state index in [1.165, 1.54) is 23.7 Å². The Morgan fingerprint density at radius 1 is 1.18 bits per heavy atom. The first-order valence-corrected chi connectivity index (χ1v) is 11.0. The largest absolute Gasteiger partial charge is 0.467 e. The summed E-state index contributed by atoms with van der Waals surface area (Å²) in [5, 5.41) is 8.93. The fourth-order valence-electron chi connectivity index (χ4n) is 3.25. The van der Waals surface area contributed by atoms with E-state index in [1.54, 1.807) is 33.5 Å². The zero-order valence-electron chi connectivity index (χ0n) is 17.2. The minimum Gasteiger partial charge on any atom is -0.467 e. The lowest BCUT2D eigenvalue weighted by Crippen LogP contribution is -2.25. The molecule has 3 heterocycles. The number of furan rings is 1. The molecule has 4 rings (SSSR count). The molecular formula is C22H19F3N4O3S. The Morgan fingerprint density at radius 2 is 2.03 bits per heavy atom. The van der Waals surface area contributed by atoms with Crippen molar-refractivity contribution in [3.63, 3.8) is 0 Å². The Hall–Kier alpha value is -3.60. The van der Waals surface area contributed by atoms with Gasteiger partial charge in [0, 0.05) is 23.9 Å². The monoisotopic (exact) mass is 476 g/mol. The van der Waals surface area contributed by atoms with Gasteiger partial charge in [0.1, 0.15) is 5.76 Å². The molecule has 33 heavy (non-hydrogen) atoms. The SMILES string of the molecule is O=C(CCCNC(=O)c1ccsc1)Nc1nc2cc(C(F)(F)F)ccc2n1Cc1ccco1. The van der Waals surface area contributed by atoms with Crippen LogP contribution >= 0.6 is 11.3 Å². The van der Waals surface area contributed by atoms with E-state index in [1.807, 2.05) is 0 Å². The topological polar surface area (TPSA) is 89.2 Å². The van der Waals surface area contributed by atoms with Gasteiger partial charge in [0.25, 0.3) is 5.91 Å². The predicted molar refractivity (Wildman–Crippen MR) is 117 cm³/mol. The number of hydrogen-bond donors (Lipinski definition) is 2. The first kappa shape index (κ1) is 22.6. The molecule has 172 valence electrons. The van der Waals surface area contributed by atoms with Gasteiger partial charge in [-0.2, -0.15) is 24.5 Å². The number of imidazole rings is 1. The number of anilines is 1. The van der Waals surface area contributed by atoms with E-state index in [0.717, 1.165) is 12.1 Å². The molecule has 0 saturated carbocycles. The molecular weight excluding hydrogens is 457 g/mol. The Balaban J connectivity index is 1.45. The number of nitrogens with zero attached hydrogens (tertiary/aromatic N) is 2. The van der Waals surface area contributed by atoms with Gasteiger partial charge >= 0.3 is 6.18 Å². The molecule has 0 bridgehead atoms. The van der Waals surface area contributed by atoms with Crippen LogP contribution in [0.15, 0.2) is 57.8 Å². The molecule has 1 aromatic carbocycles. The third kappa shape index (κ3) is 5.43. The Kier molecular flexibility index (Phi) is 6.50. The smallest absolute Gasteiger partial charge is 0.416 e. The maximum absolute atomic E-state index is 13.1. The van der Waals surface area contributed by atoms with E-state index in [2.05, 4.69) is 15.6 Å². The Morgan fingerprint density at radius 3 is 2.73 bits per heavy atom. The van der Waals surface area contributed by atoms with Crippen LogP contribution in [-0.4, -0.2) is 27.9 Å². The number of benzene rings is 1. The summed E-state index contributed by atoms with van der Waals surface area (Å²) in [6, 6.07) is 8.37. The van der Waals surface area contributed by atoms with E-state index < -0.39 is 11.7 Å². The van der Waals surface area contributed by atoms with Gasteiger partial charge in [0.15, 0.2) is 0 Å². The van der Waals surface area contributed by atoms with Gasteiger partial charge in [-0.1, -0.05) is 0 Å². The molecule has 0 radical (unpaired) electrons. The van der Waals surface area contributed by atoms with Crippen LogP contribution < -0.4 is 10.6 Å². The number of carbonyl (C=O) groups excluding carboxylic acids is 2. The molecule has 0 aliphatic carbocycles. The first-order chi connectivity index (χ1) is 15.8. The standard InChI is InChI=1S/C22H19F3N4O3S/c23-22(24,25)15-5-6-18-17(11-15)27-21(29(18)12-16-3-2-9-32-16)28-19(30)4-1-8-26-20(31)14-7-10-33-13-14/h2-3,5-7,9-11,13H,1,4,8,12H2,(H,26,31)(H,27,28,30). The molecule has 0 unspecified atom stereocenters. The molecule has 0 atom stereocenters. The van der Waals surface area contributed by atoms with E-state index in [-0.39, 0.29) is 36.2 Å². The summed E-state index contributed by atoms with van der Waals surface area (Å²) >= 11 is 1.42. The maximum atomic E-state index is 13.1. The summed E-state index contributed by atoms with van der Waals surface area (Å²) in [6.07, 6.45) is -2.53. The number of rotatable bonds is 8. The second-order valence-electron chi connectivity index (χ2n) is 7.22. The fraction of sp³-hybridized carbons (Fsp3) is 0.227. The number of halogens is 3. The zero-order valence-corrected chi connectivity index (χ0v) is 18.0. The molecule has 2 amide bonds. The second kappa shape index (κ2) is 9.49. The summed E-state index contributed by atoms with van der Waals surface area (Å²) in [7, 11) is 0. The zero-order chi connectivity index (χ0) is 23.4. The highest BCUT2D eigenvalue weighted by Crippen LogP contribution is 2.32. The van der Waals surface area contributed by atoms with E-state index in [4.69, 9.17) is 4.42 Å². The van der Waals surface area contributed by atoms with Crippen molar-refractivity contribution >= 4 is 40.1 Å². The molecule has 0 aliphatic heterocycles. The van der Waals surface area contributed by atoms with E-state index in [0.29, 0.717) is 29.8 Å². The molecule has 0 spiro atoms. The Labute approximate surface area is 190 Å². The fourth-order valence-corrected chi connectivity index (χ4v) is 3.89. The van der Waals surface area contributed by atoms with E-state index in [9.17, 15) is 22.8 Å². The third-order valence-electron chi connectivity index (χ3n) is 4.87. The number of fused-ring (bicyclic) bond motifs is 1. The Bertz CT molecular complexity index is 1250. The van der Waals surface area contributed by atoms with Crippen LogP contribution in [0, 0.1) is 0 Å². The molecule has 0 fully saturated rings. The molecule has 0 saturated heterocycles. The number of amides is 2. The summed E-state index contributed by atoms with van der Waals surface area (Å²) in [5.41, 5.74) is 0.277. The summed E-state index contributed by atoms with van der Waals surface area (Å²) in [4.78, 5) is 28.6. The molecule has 0 aliphatic rings. The van der Waals surface area contributed by atoms with Crippen LogP contribution in [0.4, 0.5) is 19.1 Å². The lowest BCUT2D eigenvalue weighted by molar-refractivity contribution is -0.137. The molecule has 2 N–H and O–H groups in total.